The molecule has 0 unspecified atom stereocenters. The highest BCUT2D eigenvalue weighted by molar-refractivity contribution is 5.88. The van der Waals surface area contributed by atoms with Crippen molar-refractivity contribution in [3.63, 3.8) is 0 Å². The summed E-state index contributed by atoms with van der Waals surface area (Å²) in [7, 11) is 0. The molecule has 5 rings (SSSR count). The number of benzene rings is 2. The third-order valence-electron chi connectivity index (χ3n) is 6.29. The maximum absolute atomic E-state index is 14.3. The first-order chi connectivity index (χ1) is 18.4. The van der Waals surface area contributed by atoms with Crippen LogP contribution in [0.4, 0.5) is 20.5 Å². The third kappa shape index (κ3) is 4.55. The zero-order valence-corrected chi connectivity index (χ0v) is 20.4. The molecule has 188 valence electrons. The van der Waals surface area contributed by atoms with Crippen molar-refractivity contribution in [2.24, 2.45) is 0 Å². The fourth-order valence-corrected chi connectivity index (χ4v) is 4.63. The summed E-state index contributed by atoms with van der Waals surface area (Å²) in [4.78, 5) is 22.0. The molecule has 2 aromatic carbocycles. The van der Waals surface area contributed by atoms with Crippen LogP contribution in [0.2, 0.25) is 0 Å². The van der Waals surface area contributed by atoms with Crippen molar-refractivity contribution in [2.45, 2.75) is 13.3 Å². The van der Waals surface area contributed by atoms with Crippen molar-refractivity contribution in [3.8, 4) is 28.3 Å². The van der Waals surface area contributed by atoms with E-state index in [4.69, 9.17) is 5.73 Å². The van der Waals surface area contributed by atoms with E-state index in [-0.39, 0.29) is 23.6 Å². The highest BCUT2D eigenvalue weighted by Gasteiger charge is 2.21. The van der Waals surface area contributed by atoms with Gasteiger partial charge >= 0.3 is 0 Å². The van der Waals surface area contributed by atoms with Crippen LogP contribution in [0, 0.1) is 29.9 Å². The topological polar surface area (TPSA) is 109 Å². The van der Waals surface area contributed by atoms with Gasteiger partial charge in [-0.2, -0.15) is 10.2 Å². The van der Waals surface area contributed by atoms with E-state index in [0.29, 0.717) is 51.3 Å². The Morgan fingerprint density at radius 3 is 2.34 bits per heavy atom. The summed E-state index contributed by atoms with van der Waals surface area (Å²) in [5, 5.41) is 12.7. The van der Waals surface area contributed by atoms with Crippen LogP contribution in [0.3, 0.4) is 0 Å². The van der Waals surface area contributed by atoms with Gasteiger partial charge in [-0.3, -0.25) is 9.20 Å². The number of nitriles is 1. The lowest BCUT2D eigenvalue weighted by Gasteiger charge is -2.19. The zero-order chi connectivity index (χ0) is 26.8. The lowest BCUT2D eigenvalue weighted by atomic mass is 9.90. The monoisotopic (exact) mass is 508 g/mol. The molecule has 0 aliphatic rings. The van der Waals surface area contributed by atoms with Gasteiger partial charge in [0.05, 0.1) is 16.8 Å². The molecule has 0 amide bonds. The van der Waals surface area contributed by atoms with E-state index in [9.17, 15) is 18.8 Å². The number of rotatable bonds is 6. The Hall–Kier alpha value is -5.10. The van der Waals surface area contributed by atoms with Crippen LogP contribution < -0.4 is 16.6 Å². The summed E-state index contributed by atoms with van der Waals surface area (Å²) in [6.45, 7) is 1.96. The summed E-state index contributed by atoms with van der Waals surface area (Å²) in [6, 6.07) is 20.0. The van der Waals surface area contributed by atoms with Gasteiger partial charge in [-0.05, 0) is 54.3 Å². The maximum atomic E-state index is 14.3. The molecule has 0 aliphatic carbocycles. The molecule has 3 N–H and O–H groups in total. The molecule has 0 spiro atoms. The van der Waals surface area contributed by atoms with Crippen LogP contribution in [-0.4, -0.2) is 20.9 Å². The van der Waals surface area contributed by atoms with E-state index >= 15 is 0 Å². The van der Waals surface area contributed by atoms with Gasteiger partial charge in [0.25, 0.3) is 5.56 Å². The zero-order valence-electron chi connectivity index (χ0n) is 20.4. The molecule has 0 saturated heterocycles. The van der Waals surface area contributed by atoms with Crippen molar-refractivity contribution < 1.29 is 8.78 Å². The van der Waals surface area contributed by atoms with Gasteiger partial charge < -0.3 is 11.1 Å². The Labute approximate surface area is 216 Å². The van der Waals surface area contributed by atoms with Gasteiger partial charge in [0, 0.05) is 18.3 Å². The highest BCUT2D eigenvalue weighted by atomic mass is 19.1. The second kappa shape index (κ2) is 10.1. The first-order valence-corrected chi connectivity index (χ1v) is 11.8. The number of hydrogen-bond acceptors (Lipinski definition) is 6. The van der Waals surface area contributed by atoms with E-state index < -0.39 is 11.6 Å². The van der Waals surface area contributed by atoms with Crippen LogP contribution in [0.1, 0.15) is 16.8 Å². The molecule has 0 radical (unpaired) electrons. The minimum absolute atomic E-state index is 0.0342. The lowest BCUT2D eigenvalue weighted by Crippen LogP contribution is -2.21. The van der Waals surface area contributed by atoms with Crippen molar-refractivity contribution in [2.75, 3.05) is 17.6 Å². The largest absolute Gasteiger partial charge is 0.368 e. The smallest absolute Gasteiger partial charge is 0.263 e. The Bertz CT molecular complexity index is 1760. The molecule has 0 saturated carbocycles. The molecule has 5 aromatic rings. The first kappa shape index (κ1) is 24.6. The average Bonchev–Trinajstić information content (AvgIpc) is 2.90. The van der Waals surface area contributed by atoms with Crippen LogP contribution in [0.15, 0.2) is 77.7 Å². The first-order valence-electron chi connectivity index (χ1n) is 11.8. The van der Waals surface area contributed by atoms with Crippen molar-refractivity contribution in [1.29, 1.82) is 5.26 Å². The summed E-state index contributed by atoms with van der Waals surface area (Å²) < 4.78 is 29.4. The number of fused-ring (bicyclic) bond motifs is 1. The van der Waals surface area contributed by atoms with E-state index in [1.165, 1.54) is 22.6 Å². The summed E-state index contributed by atoms with van der Waals surface area (Å²) >= 11 is 0. The SMILES string of the molecule is Cc1nc(N)nc(NCCc2c(-c3ccccc3)c(=O)n3cc(F)ccc3c2-c2ccc(F)cc2)c1C#N. The molecule has 0 fully saturated rings. The molecule has 3 heterocycles. The van der Waals surface area contributed by atoms with Gasteiger partial charge in [-0.15, -0.1) is 0 Å². The lowest BCUT2D eigenvalue weighted by molar-refractivity contribution is 0.618. The number of nitrogen functional groups attached to an aromatic ring is 1. The Balaban J connectivity index is 1.73. The third-order valence-corrected chi connectivity index (χ3v) is 6.29. The fraction of sp³-hybridized carbons (Fsp3) is 0.103. The minimum atomic E-state index is -0.557. The second-order valence-corrected chi connectivity index (χ2v) is 8.69. The van der Waals surface area contributed by atoms with E-state index in [0.717, 1.165) is 6.20 Å². The number of pyridine rings is 2. The Morgan fingerprint density at radius 1 is 0.947 bits per heavy atom. The molecule has 7 nitrogen and oxygen atoms in total. The number of nitrogens with zero attached hydrogens (tertiary/aromatic N) is 4. The van der Waals surface area contributed by atoms with Gasteiger partial charge in [-0.1, -0.05) is 42.5 Å². The van der Waals surface area contributed by atoms with Gasteiger partial charge in [0.15, 0.2) is 0 Å². The van der Waals surface area contributed by atoms with Gasteiger partial charge in [-0.25, -0.2) is 13.8 Å². The van der Waals surface area contributed by atoms with E-state index in [1.807, 2.05) is 30.3 Å². The summed E-state index contributed by atoms with van der Waals surface area (Å²) in [5.74, 6) is -0.628. The fourth-order valence-electron chi connectivity index (χ4n) is 4.63. The summed E-state index contributed by atoms with van der Waals surface area (Å²) in [6.07, 6.45) is 1.48. The minimum Gasteiger partial charge on any atom is -0.368 e. The maximum Gasteiger partial charge on any atom is 0.263 e. The summed E-state index contributed by atoms with van der Waals surface area (Å²) in [5.41, 5.74) is 9.70. The number of nitrogens with two attached hydrogens (primary N) is 1. The average molecular weight is 509 g/mol. The molecule has 0 bridgehead atoms. The number of aromatic nitrogens is 3. The number of hydrogen-bond donors (Lipinski definition) is 2. The molecular weight excluding hydrogens is 486 g/mol. The molecule has 0 atom stereocenters. The van der Waals surface area contributed by atoms with Crippen molar-refractivity contribution >= 4 is 17.3 Å². The quantitative estimate of drug-likeness (QED) is 0.330. The molecule has 3 aromatic heterocycles. The predicted octanol–water partition coefficient (Wildman–Crippen LogP) is 5.12. The number of halogens is 2. The molecule has 0 aliphatic heterocycles. The number of nitrogens with one attached hydrogen (secondary N) is 1. The van der Waals surface area contributed by atoms with E-state index in [1.54, 1.807) is 25.1 Å². The Kier molecular flexibility index (Phi) is 6.54. The van der Waals surface area contributed by atoms with Crippen LogP contribution in [-0.2, 0) is 6.42 Å². The van der Waals surface area contributed by atoms with Gasteiger partial charge in [0.2, 0.25) is 5.95 Å². The van der Waals surface area contributed by atoms with Gasteiger partial charge in [0.1, 0.15) is 29.1 Å². The Morgan fingerprint density at radius 2 is 1.63 bits per heavy atom. The van der Waals surface area contributed by atoms with Crippen LogP contribution in [0.5, 0.6) is 0 Å². The normalized spacial score (nSPS) is 10.9. The number of anilines is 2. The van der Waals surface area contributed by atoms with Crippen molar-refractivity contribution in [1.82, 2.24) is 14.4 Å². The molecule has 38 heavy (non-hydrogen) atoms. The molecular formula is C29H22F2N6O. The number of aryl methyl sites for hydroxylation is 1. The second-order valence-electron chi connectivity index (χ2n) is 8.69. The standard InChI is InChI=1S/C29H22F2N6O/c1-17-23(15-32)27(36-29(33)35-17)34-14-13-22-25(19-7-9-20(30)10-8-19)24-12-11-21(31)16-37(24)28(38)26(22)18-5-3-2-4-6-18/h2-12,16H,13-14H2,1H3,(H3,33,34,35,36). The van der Waals surface area contributed by atoms with Crippen LogP contribution >= 0.6 is 0 Å². The van der Waals surface area contributed by atoms with E-state index in [2.05, 4.69) is 21.4 Å². The van der Waals surface area contributed by atoms with Crippen molar-refractivity contribution in [3.05, 3.63) is 112 Å². The molecule has 9 heteroatoms. The predicted molar refractivity (Wildman–Crippen MR) is 143 cm³/mol. The van der Waals surface area contributed by atoms with Crippen LogP contribution in [0.25, 0.3) is 27.8 Å². The highest BCUT2D eigenvalue weighted by Crippen LogP contribution is 2.34.